The van der Waals surface area contributed by atoms with E-state index in [4.69, 9.17) is 23.2 Å². The number of carbonyl (C=O) groups is 1. The molecule has 2 rings (SSSR count). The number of hydrogen-bond donors (Lipinski definition) is 0. The monoisotopic (exact) mass is 321 g/mol. The van der Waals surface area contributed by atoms with E-state index in [-0.39, 0.29) is 22.0 Å². The Bertz CT molecular complexity index is 524. The molecular weight excluding hydrogens is 307 g/mol. The number of benzene rings is 1. The second kappa shape index (κ2) is 6.27. The van der Waals surface area contributed by atoms with Crippen LogP contribution < -0.4 is 0 Å². The summed E-state index contributed by atoms with van der Waals surface area (Å²) >= 11 is 11.7. The van der Waals surface area contributed by atoms with Crippen molar-refractivity contribution in [2.24, 2.45) is 0 Å². The SMILES string of the molecule is CN(C(=O)c1cc(F)c(Cl)cc1F)C1CCCCC1Cl. The quantitative estimate of drug-likeness (QED) is 0.589. The third-order valence-electron chi connectivity index (χ3n) is 3.71. The van der Waals surface area contributed by atoms with Gasteiger partial charge in [0.25, 0.3) is 5.91 Å². The Hall–Kier alpha value is -0.870. The van der Waals surface area contributed by atoms with E-state index in [9.17, 15) is 13.6 Å². The summed E-state index contributed by atoms with van der Waals surface area (Å²) in [7, 11) is 1.57. The van der Waals surface area contributed by atoms with Gasteiger partial charge in [-0.05, 0) is 25.0 Å². The van der Waals surface area contributed by atoms with Crippen LogP contribution in [-0.2, 0) is 0 Å². The number of alkyl halides is 1. The molecule has 0 spiro atoms. The van der Waals surface area contributed by atoms with Crippen molar-refractivity contribution in [1.82, 2.24) is 4.90 Å². The standard InChI is InChI=1S/C14H15Cl2F2NO/c1-19(13-5-3-2-4-9(13)15)14(20)8-6-12(18)10(16)7-11(8)17/h6-7,9,13H,2-5H2,1H3. The second-order valence-corrected chi connectivity index (χ2v) is 6.00. The van der Waals surface area contributed by atoms with Crippen LogP contribution in [0.15, 0.2) is 12.1 Å². The first-order valence-electron chi connectivity index (χ1n) is 6.47. The molecular formula is C14H15Cl2F2NO. The summed E-state index contributed by atoms with van der Waals surface area (Å²) in [5.41, 5.74) is -0.316. The van der Waals surface area contributed by atoms with Crippen molar-refractivity contribution in [3.05, 3.63) is 34.4 Å². The molecule has 0 heterocycles. The summed E-state index contributed by atoms with van der Waals surface area (Å²) in [5.74, 6) is -2.21. The summed E-state index contributed by atoms with van der Waals surface area (Å²) in [6.45, 7) is 0. The van der Waals surface area contributed by atoms with Crippen LogP contribution in [0.25, 0.3) is 0 Å². The zero-order valence-electron chi connectivity index (χ0n) is 11.0. The van der Waals surface area contributed by atoms with Gasteiger partial charge in [-0.1, -0.05) is 24.4 Å². The summed E-state index contributed by atoms with van der Waals surface area (Å²) in [4.78, 5) is 13.7. The Kier molecular flexibility index (Phi) is 4.86. The Morgan fingerprint density at radius 3 is 2.55 bits per heavy atom. The predicted octanol–water partition coefficient (Wildman–Crippen LogP) is 4.24. The van der Waals surface area contributed by atoms with Crippen molar-refractivity contribution in [3.8, 4) is 0 Å². The fourth-order valence-corrected chi connectivity index (χ4v) is 3.13. The number of rotatable bonds is 2. The first-order chi connectivity index (χ1) is 9.41. The van der Waals surface area contributed by atoms with Gasteiger partial charge in [0.1, 0.15) is 11.6 Å². The molecule has 0 aromatic heterocycles. The second-order valence-electron chi connectivity index (χ2n) is 5.03. The van der Waals surface area contributed by atoms with Gasteiger partial charge in [0.05, 0.1) is 16.0 Å². The first-order valence-corrected chi connectivity index (χ1v) is 7.29. The largest absolute Gasteiger partial charge is 0.337 e. The van der Waals surface area contributed by atoms with Crippen molar-refractivity contribution in [3.63, 3.8) is 0 Å². The Morgan fingerprint density at radius 1 is 1.25 bits per heavy atom. The van der Waals surface area contributed by atoms with Gasteiger partial charge in [-0.15, -0.1) is 11.6 Å². The minimum absolute atomic E-state index is 0.155. The Morgan fingerprint density at radius 2 is 1.90 bits per heavy atom. The molecule has 1 amide bonds. The molecule has 0 aliphatic heterocycles. The molecule has 1 aliphatic carbocycles. The van der Waals surface area contributed by atoms with E-state index in [1.165, 1.54) is 4.90 Å². The molecule has 0 N–H and O–H groups in total. The van der Waals surface area contributed by atoms with E-state index in [1.54, 1.807) is 7.05 Å². The molecule has 1 fully saturated rings. The van der Waals surface area contributed by atoms with E-state index in [2.05, 4.69) is 0 Å². The van der Waals surface area contributed by atoms with E-state index < -0.39 is 17.5 Å². The number of halogens is 4. The third-order valence-corrected chi connectivity index (χ3v) is 4.50. The highest BCUT2D eigenvalue weighted by Crippen LogP contribution is 2.28. The number of nitrogens with zero attached hydrogens (tertiary/aromatic N) is 1. The maximum atomic E-state index is 13.8. The van der Waals surface area contributed by atoms with Crippen LogP contribution in [0, 0.1) is 11.6 Å². The van der Waals surface area contributed by atoms with Crippen LogP contribution in [0.4, 0.5) is 8.78 Å². The van der Waals surface area contributed by atoms with E-state index in [0.717, 1.165) is 37.8 Å². The molecule has 2 atom stereocenters. The molecule has 1 aliphatic rings. The summed E-state index contributed by atoms with van der Waals surface area (Å²) in [6.07, 6.45) is 3.59. The normalized spacial score (nSPS) is 22.6. The lowest BCUT2D eigenvalue weighted by Gasteiger charge is -2.35. The lowest BCUT2D eigenvalue weighted by atomic mass is 9.93. The van der Waals surface area contributed by atoms with Crippen molar-refractivity contribution in [2.75, 3.05) is 7.05 Å². The lowest BCUT2D eigenvalue weighted by Crippen LogP contribution is -2.44. The molecule has 1 saturated carbocycles. The van der Waals surface area contributed by atoms with Gasteiger partial charge in [-0.25, -0.2) is 8.78 Å². The van der Waals surface area contributed by atoms with Gasteiger partial charge in [0, 0.05) is 13.1 Å². The molecule has 1 aromatic rings. The van der Waals surface area contributed by atoms with Crippen LogP contribution >= 0.6 is 23.2 Å². The number of amides is 1. The highest BCUT2D eigenvalue weighted by atomic mass is 35.5. The highest BCUT2D eigenvalue weighted by molar-refractivity contribution is 6.30. The predicted molar refractivity (Wildman–Crippen MR) is 75.4 cm³/mol. The van der Waals surface area contributed by atoms with Crippen molar-refractivity contribution in [2.45, 2.75) is 37.1 Å². The first kappa shape index (κ1) is 15.5. The van der Waals surface area contributed by atoms with Crippen molar-refractivity contribution >= 4 is 29.1 Å². The van der Waals surface area contributed by atoms with Crippen LogP contribution in [0.3, 0.4) is 0 Å². The zero-order valence-corrected chi connectivity index (χ0v) is 12.5. The fraction of sp³-hybridized carbons (Fsp3) is 0.500. The summed E-state index contributed by atoms with van der Waals surface area (Å²) in [5, 5.41) is -0.493. The minimum atomic E-state index is -0.824. The van der Waals surface area contributed by atoms with Crippen LogP contribution in [0.5, 0.6) is 0 Å². The van der Waals surface area contributed by atoms with Gasteiger partial charge >= 0.3 is 0 Å². The summed E-state index contributed by atoms with van der Waals surface area (Å²) < 4.78 is 27.2. The average molecular weight is 322 g/mol. The molecule has 2 nitrogen and oxygen atoms in total. The Labute approximate surface area is 126 Å². The molecule has 0 radical (unpaired) electrons. The minimum Gasteiger partial charge on any atom is -0.337 e. The fourth-order valence-electron chi connectivity index (χ4n) is 2.53. The van der Waals surface area contributed by atoms with Crippen LogP contribution in [0.2, 0.25) is 5.02 Å². The maximum Gasteiger partial charge on any atom is 0.256 e. The molecule has 0 saturated heterocycles. The van der Waals surface area contributed by atoms with Crippen molar-refractivity contribution in [1.29, 1.82) is 0 Å². The van der Waals surface area contributed by atoms with Gasteiger partial charge in [-0.2, -0.15) is 0 Å². The van der Waals surface area contributed by atoms with Gasteiger partial charge in [0.2, 0.25) is 0 Å². The molecule has 6 heteroatoms. The zero-order chi connectivity index (χ0) is 14.9. The van der Waals surface area contributed by atoms with E-state index in [0.29, 0.717) is 0 Å². The topological polar surface area (TPSA) is 20.3 Å². The molecule has 0 bridgehead atoms. The Balaban J connectivity index is 2.24. The maximum absolute atomic E-state index is 13.8. The van der Waals surface area contributed by atoms with Crippen LogP contribution in [-0.4, -0.2) is 29.3 Å². The molecule has 20 heavy (non-hydrogen) atoms. The third kappa shape index (κ3) is 3.07. The van der Waals surface area contributed by atoms with Crippen molar-refractivity contribution < 1.29 is 13.6 Å². The lowest BCUT2D eigenvalue weighted by molar-refractivity contribution is 0.0695. The smallest absolute Gasteiger partial charge is 0.256 e. The van der Waals surface area contributed by atoms with E-state index in [1.807, 2.05) is 0 Å². The average Bonchev–Trinajstić information content (AvgIpc) is 2.42. The van der Waals surface area contributed by atoms with Gasteiger partial charge in [0.15, 0.2) is 0 Å². The van der Waals surface area contributed by atoms with E-state index >= 15 is 0 Å². The number of carbonyl (C=O) groups excluding carboxylic acids is 1. The molecule has 2 unspecified atom stereocenters. The molecule has 1 aromatic carbocycles. The highest BCUT2D eigenvalue weighted by Gasteiger charge is 2.31. The van der Waals surface area contributed by atoms with Gasteiger partial charge in [-0.3, -0.25) is 4.79 Å². The summed E-state index contributed by atoms with van der Waals surface area (Å²) in [6, 6.07) is 1.50. The molecule has 110 valence electrons. The number of hydrogen-bond acceptors (Lipinski definition) is 1. The van der Waals surface area contributed by atoms with Crippen LogP contribution in [0.1, 0.15) is 36.0 Å². The van der Waals surface area contributed by atoms with Gasteiger partial charge < -0.3 is 4.90 Å².